The van der Waals surface area contributed by atoms with E-state index in [1.165, 1.54) is 0 Å². The minimum absolute atomic E-state index is 0.00715. The Balaban J connectivity index is 1.77. The highest BCUT2D eigenvalue weighted by molar-refractivity contribution is 6.42. The van der Waals surface area contributed by atoms with E-state index in [1.807, 2.05) is 29.3 Å². The van der Waals surface area contributed by atoms with Crippen molar-refractivity contribution in [2.24, 2.45) is 0 Å². The summed E-state index contributed by atoms with van der Waals surface area (Å²) in [5.74, 6) is 0.0822. The van der Waals surface area contributed by atoms with E-state index in [0.29, 0.717) is 23.0 Å². The summed E-state index contributed by atoms with van der Waals surface area (Å²) in [5.41, 5.74) is 1.91. The van der Waals surface area contributed by atoms with Gasteiger partial charge in [-0.05, 0) is 29.3 Å². The number of pyridine rings is 1. The molecule has 23 heavy (non-hydrogen) atoms. The number of carbonyl (C=O) groups is 1. The first kappa shape index (κ1) is 16.2. The summed E-state index contributed by atoms with van der Waals surface area (Å²) in [6.45, 7) is 2.21. The summed E-state index contributed by atoms with van der Waals surface area (Å²) < 4.78 is 0. The molecule has 1 unspecified atom stereocenters. The first-order valence-electron chi connectivity index (χ1n) is 7.49. The minimum atomic E-state index is 0.00715. The molecule has 2 heterocycles. The van der Waals surface area contributed by atoms with Gasteiger partial charge in [0.15, 0.2) is 0 Å². The van der Waals surface area contributed by atoms with Crippen molar-refractivity contribution in [3.8, 4) is 0 Å². The van der Waals surface area contributed by atoms with Gasteiger partial charge < -0.3 is 10.2 Å². The molecule has 1 amide bonds. The molecule has 0 spiro atoms. The number of nitrogens with one attached hydrogen (secondary N) is 1. The van der Waals surface area contributed by atoms with Crippen LogP contribution in [0.15, 0.2) is 42.7 Å². The Bertz CT molecular complexity index is 693. The first-order chi connectivity index (χ1) is 11.1. The zero-order chi connectivity index (χ0) is 16.2. The van der Waals surface area contributed by atoms with Crippen LogP contribution in [0.3, 0.4) is 0 Å². The fourth-order valence-corrected chi connectivity index (χ4v) is 3.12. The summed E-state index contributed by atoms with van der Waals surface area (Å²) in [4.78, 5) is 18.8. The molecule has 1 atom stereocenters. The monoisotopic (exact) mass is 349 g/mol. The number of hydrogen-bond acceptors (Lipinski definition) is 3. The van der Waals surface area contributed by atoms with Crippen LogP contribution in [0.5, 0.6) is 0 Å². The van der Waals surface area contributed by atoms with Crippen molar-refractivity contribution < 1.29 is 4.79 Å². The Hall–Kier alpha value is -1.62. The van der Waals surface area contributed by atoms with Gasteiger partial charge in [-0.15, -0.1) is 0 Å². The lowest BCUT2D eigenvalue weighted by Crippen LogP contribution is -2.49. The molecule has 0 aliphatic carbocycles. The number of piperazine rings is 1. The van der Waals surface area contributed by atoms with E-state index >= 15 is 0 Å². The smallest absolute Gasteiger partial charge is 0.227 e. The number of amides is 1. The van der Waals surface area contributed by atoms with Crippen LogP contribution in [0.4, 0.5) is 0 Å². The van der Waals surface area contributed by atoms with Crippen molar-refractivity contribution in [3.05, 3.63) is 63.9 Å². The summed E-state index contributed by atoms with van der Waals surface area (Å²) in [6, 6.07) is 9.22. The van der Waals surface area contributed by atoms with Gasteiger partial charge in [-0.1, -0.05) is 35.3 Å². The van der Waals surface area contributed by atoms with Crippen molar-refractivity contribution in [3.63, 3.8) is 0 Å². The maximum Gasteiger partial charge on any atom is 0.227 e. The topological polar surface area (TPSA) is 45.2 Å². The van der Waals surface area contributed by atoms with Gasteiger partial charge in [-0.25, -0.2) is 0 Å². The molecule has 120 valence electrons. The van der Waals surface area contributed by atoms with Crippen molar-refractivity contribution in [2.75, 3.05) is 19.6 Å². The maximum absolute atomic E-state index is 12.7. The molecule has 1 aliphatic rings. The van der Waals surface area contributed by atoms with Crippen LogP contribution in [0, 0.1) is 0 Å². The number of aromatic nitrogens is 1. The van der Waals surface area contributed by atoms with Crippen molar-refractivity contribution in [2.45, 2.75) is 12.5 Å². The molecule has 3 rings (SSSR count). The first-order valence-corrected chi connectivity index (χ1v) is 8.25. The number of halogens is 2. The predicted molar refractivity (Wildman–Crippen MR) is 91.7 cm³/mol. The lowest BCUT2D eigenvalue weighted by Gasteiger charge is -2.36. The highest BCUT2D eigenvalue weighted by atomic mass is 35.5. The number of rotatable bonds is 3. The third kappa shape index (κ3) is 3.83. The fraction of sp³-hybridized carbons (Fsp3) is 0.294. The van der Waals surface area contributed by atoms with E-state index < -0.39 is 0 Å². The maximum atomic E-state index is 12.7. The van der Waals surface area contributed by atoms with Crippen molar-refractivity contribution >= 4 is 29.1 Å². The molecule has 2 aromatic rings. The van der Waals surface area contributed by atoms with Gasteiger partial charge in [0.25, 0.3) is 0 Å². The van der Waals surface area contributed by atoms with Crippen LogP contribution in [-0.4, -0.2) is 35.4 Å². The standard InChI is InChI=1S/C17H17Cl2N3O/c18-14-4-3-12(8-15(14)19)9-17(23)22-7-6-21-11-16(22)13-2-1-5-20-10-13/h1-5,8,10,16,21H,6-7,9,11H2. The summed E-state index contributed by atoms with van der Waals surface area (Å²) in [7, 11) is 0. The molecule has 0 saturated carbocycles. The van der Waals surface area contributed by atoms with E-state index in [9.17, 15) is 4.79 Å². The van der Waals surface area contributed by atoms with Gasteiger partial charge in [-0.3, -0.25) is 9.78 Å². The zero-order valence-corrected chi connectivity index (χ0v) is 14.0. The molecule has 1 aromatic heterocycles. The van der Waals surface area contributed by atoms with Crippen LogP contribution >= 0.6 is 23.2 Å². The highest BCUT2D eigenvalue weighted by Gasteiger charge is 2.27. The molecular weight excluding hydrogens is 333 g/mol. The van der Waals surface area contributed by atoms with Crippen LogP contribution in [0.2, 0.25) is 10.0 Å². The Morgan fingerprint density at radius 3 is 2.91 bits per heavy atom. The number of benzene rings is 1. The van der Waals surface area contributed by atoms with Gasteiger partial charge in [-0.2, -0.15) is 0 Å². The summed E-state index contributed by atoms with van der Waals surface area (Å²) in [6.07, 6.45) is 3.87. The second-order valence-corrected chi connectivity index (χ2v) is 6.33. The molecule has 0 radical (unpaired) electrons. The molecule has 1 aromatic carbocycles. The number of carbonyl (C=O) groups excluding carboxylic acids is 1. The largest absolute Gasteiger partial charge is 0.333 e. The molecular formula is C17H17Cl2N3O. The normalized spacial score (nSPS) is 18.0. The van der Waals surface area contributed by atoms with Gasteiger partial charge in [0.05, 0.1) is 22.5 Å². The average Bonchev–Trinajstić information content (AvgIpc) is 2.59. The number of hydrogen-bond donors (Lipinski definition) is 1. The fourth-order valence-electron chi connectivity index (χ4n) is 2.80. The van der Waals surface area contributed by atoms with Crippen molar-refractivity contribution in [1.82, 2.24) is 15.2 Å². The van der Waals surface area contributed by atoms with E-state index in [0.717, 1.165) is 24.2 Å². The molecule has 1 saturated heterocycles. The Morgan fingerprint density at radius 1 is 1.30 bits per heavy atom. The lowest BCUT2D eigenvalue weighted by molar-refractivity contribution is -0.133. The Morgan fingerprint density at radius 2 is 2.17 bits per heavy atom. The van der Waals surface area contributed by atoms with Gasteiger partial charge in [0, 0.05) is 32.0 Å². The van der Waals surface area contributed by atoms with E-state index in [-0.39, 0.29) is 11.9 Å². The van der Waals surface area contributed by atoms with E-state index in [4.69, 9.17) is 23.2 Å². The van der Waals surface area contributed by atoms with Crippen LogP contribution < -0.4 is 5.32 Å². The van der Waals surface area contributed by atoms with E-state index in [1.54, 1.807) is 18.3 Å². The Labute approximate surface area is 145 Å². The highest BCUT2D eigenvalue weighted by Crippen LogP contribution is 2.25. The quantitative estimate of drug-likeness (QED) is 0.925. The second kappa shape index (κ2) is 7.30. The molecule has 1 fully saturated rings. The van der Waals surface area contributed by atoms with Crippen LogP contribution in [0.1, 0.15) is 17.2 Å². The third-order valence-corrected chi connectivity index (χ3v) is 4.71. The molecule has 1 aliphatic heterocycles. The van der Waals surface area contributed by atoms with Gasteiger partial charge in [0.1, 0.15) is 0 Å². The molecule has 6 heteroatoms. The Kier molecular flexibility index (Phi) is 5.16. The molecule has 4 nitrogen and oxygen atoms in total. The van der Waals surface area contributed by atoms with Crippen molar-refractivity contribution in [1.29, 1.82) is 0 Å². The van der Waals surface area contributed by atoms with Gasteiger partial charge >= 0.3 is 0 Å². The third-order valence-electron chi connectivity index (χ3n) is 3.97. The summed E-state index contributed by atoms with van der Waals surface area (Å²) >= 11 is 12.0. The summed E-state index contributed by atoms with van der Waals surface area (Å²) in [5, 5.41) is 4.31. The predicted octanol–water partition coefficient (Wildman–Crippen LogP) is 3.10. The molecule has 0 bridgehead atoms. The van der Waals surface area contributed by atoms with Gasteiger partial charge in [0.2, 0.25) is 5.91 Å². The number of nitrogens with zero attached hydrogens (tertiary/aromatic N) is 2. The zero-order valence-electron chi connectivity index (χ0n) is 12.5. The average molecular weight is 350 g/mol. The van der Waals surface area contributed by atoms with Crippen LogP contribution in [-0.2, 0) is 11.2 Å². The SMILES string of the molecule is O=C(Cc1ccc(Cl)c(Cl)c1)N1CCNCC1c1cccnc1. The molecule has 1 N–H and O–H groups in total. The van der Waals surface area contributed by atoms with Crippen LogP contribution in [0.25, 0.3) is 0 Å². The second-order valence-electron chi connectivity index (χ2n) is 5.52. The van der Waals surface area contributed by atoms with E-state index in [2.05, 4.69) is 10.3 Å². The lowest BCUT2D eigenvalue weighted by atomic mass is 10.0. The minimum Gasteiger partial charge on any atom is -0.333 e.